The van der Waals surface area contributed by atoms with Gasteiger partial charge in [-0.2, -0.15) is 5.10 Å². The van der Waals surface area contributed by atoms with Crippen LogP contribution in [0.1, 0.15) is 42.5 Å². The number of hydrogen-bond acceptors (Lipinski definition) is 3. The number of halogens is 1. The summed E-state index contributed by atoms with van der Waals surface area (Å²) in [6.07, 6.45) is 0. The lowest BCUT2D eigenvalue weighted by Gasteiger charge is -2.19. The van der Waals surface area contributed by atoms with Crippen molar-refractivity contribution in [2.75, 3.05) is 5.32 Å². The predicted octanol–water partition coefficient (Wildman–Crippen LogP) is 4.23. The molecule has 0 aliphatic heterocycles. The molecule has 144 valence electrons. The summed E-state index contributed by atoms with van der Waals surface area (Å²) in [5.41, 5.74) is 1.46. The van der Waals surface area contributed by atoms with Gasteiger partial charge in [-0.15, -0.1) is 0 Å². The van der Waals surface area contributed by atoms with Crippen LogP contribution in [-0.2, 0) is 5.41 Å². The summed E-state index contributed by atoms with van der Waals surface area (Å²) in [5.74, 6) is -1.13. The highest BCUT2D eigenvalue weighted by Gasteiger charge is 2.18. The Kier molecular flexibility index (Phi) is 5.14. The highest BCUT2D eigenvalue weighted by atomic mass is 19.1. The number of aromatic nitrogens is 2. The van der Waals surface area contributed by atoms with Crippen molar-refractivity contribution in [1.82, 2.24) is 9.78 Å². The van der Waals surface area contributed by atoms with Crippen molar-refractivity contribution in [3.63, 3.8) is 0 Å². The molecular weight excluding hydrogens is 357 g/mol. The first-order valence-electron chi connectivity index (χ1n) is 8.94. The van der Waals surface area contributed by atoms with Crippen LogP contribution in [0.3, 0.4) is 0 Å². The number of aryl methyl sites for hydroxylation is 1. The van der Waals surface area contributed by atoms with Crippen LogP contribution < -0.4 is 10.7 Å². The number of benzene rings is 2. The van der Waals surface area contributed by atoms with Crippen LogP contribution in [0.4, 0.5) is 10.1 Å². The Morgan fingerprint density at radius 1 is 1.07 bits per heavy atom. The second-order valence-electron chi connectivity index (χ2n) is 7.64. The van der Waals surface area contributed by atoms with Gasteiger partial charge < -0.3 is 5.32 Å². The van der Waals surface area contributed by atoms with Gasteiger partial charge in [0.2, 0.25) is 5.43 Å². The number of carbonyl (C=O) groups is 1. The molecule has 1 aromatic heterocycles. The minimum absolute atomic E-state index is 0.00542. The van der Waals surface area contributed by atoms with Gasteiger partial charge in [-0.05, 0) is 42.2 Å². The molecule has 2 aromatic carbocycles. The van der Waals surface area contributed by atoms with Gasteiger partial charge in [-0.3, -0.25) is 9.59 Å². The third-order valence-electron chi connectivity index (χ3n) is 4.41. The second-order valence-corrected chi connectivity index (χ2v) is 7.64. The van der Waals surface area contributed by atoms with Gasteiger partial charge in [-0.1, -0.05) is 45.0 Å². The van der Waals surface area contributed by atoms with Gasteiger partial charge in [0, 0.05) is 17.4 Å². The molecule has 28 heavy (non-hydrogen) atoms. The number of amides is 1. The number of nitrogens with zero attached hydrogens (tertiary/aromatic N) is 2. The van der Waals surface area contributed by atoms with E-state index in [1.165, 1.54) is 22.9 Å². The van der Waals surface area contributed by atoms with E-state index in [1.54, 1.807) is 31.2 Å². The highest BCUT2D eigenvalue weighted by Crippen LogP contribution is 2.23. The van der Waals surface area contributed by atoms with Gasteiger partial charge in [-0.25, -0.2) is 9.07 Å². The van der Waals surface area contributed by atoms with Crippen molar-refractivity contribution in [2.24, 2.45) is 0 Å². The Balaban J connectivity index is 1.93. The molecule has 0 saturated carbocycles. The molecule has 0 saturated heterocycles. The lowest BCUT2D eigenvalue weighted by molar-refractivity contribution is 0.101. The zero-order valence-electron chi connectivity index (χ0n) is 16.3. The lowest BCUT2D eigenvalue weighted by atomic mass is 9.87. The fraction of sp³-hybridized carbons (Fsp3) is 0.227. The maximum Gasteiger partial charge on any atom is 0.280 e. The van der Waals surface area contributed by atoms with E-state index in [0.717, 1.165) is 5.56 Å². The average molecular weight is 379 g/mol. The Bertz CT molecular complexity index is 1080. The third-order valence-corrected chi connectivity index (χ3v) is 4.41. The molecule has 0 unspecified atom stereocenters. The highest BCUT2D eigenvalue weighted by molar-refractivity contribution is 6.02. The quantitative estimate of drug-likeness (QED) is 0.741. The summed E-state index contributed by atoms with van der Waals surface area (Å²) < 4.78 is 15.4. The Labute approximate surface area is 162 Å². The van der Waals surface area contributed by atoms with Gasteiger partial charge in [0.05, 0.1) is 0 Å². The maximum absolute atomic E-state index is 14.1. The van der Waals surface area contributed by atoms with Gasteiger partial charge in [0.15, 0.2) is 5.69 Å². The summed E-state index contributed by atoms with van der Waals surface area (Å²) >= 11 is 0. The van der Waals surface area contributed by atoms with E-state index >= 15 is 0 Å². The van der Waals surface area contributed by atoms with E-state index < -0.39 is 17.2 Å². The molecule has 0 fully saturated rings. The molecule has 1 N–H and O–H groups in total. The zero-order chi connectivity index (χ0) is 20.5. The number of hydrogen-bond donors (Lipinski definition) is 1. The first-order valence-corrected chi connectivity index (χ1v) is 8.94. The Morgan fingerprint density at radius 2 is 1.71 bits per heavy atom. The van der Waals surface area contributed by atoms with E-state index in [2.05, 4.69) is 31.2 Å². The zero-order valence-corrected chi connectivity index (χ0v) is 16.3. The van der Waals surface area contributed by atoms with E-state index in [-0.39, 0.29) is 16.8 Å². The molecule has 0 aliphatic rings. The van der Waals surface area contributed by atoms with Crippen molar-refractivity contribution < 1.29 is 9.18 Å². The molecule has 5 nitrogen and oxygen atoms in total. The molecule has 0 bridgehead atoms. The van der Waals surface area contributed by atoms with Crippen molar-refractivity contribution in [1.29, 1.82) is 0 Å². The summed E-state index contributed by atoms with van der Waals surface area (Å²) in [6, 6.07) is 14.7. The molecule has 1 heterocycles. The number of carbonyl (C=O) groups excluding carboxylic acids is 1. The van der Waals surface area contributed by atoms with Crippen LogP contribution in [0.5, 0.6) is 0 Å². The molecule has 0 aliphatic carbocycles. The molecule has 0 atom stereocenters. The molecule has 1 amide bonds. The topological polar surface area (TPSA) is 64.0 Å². The molecule has 6 heteroatoms. The smallest absolute Gasteiger partial charge is 0.280 e. The minimum Gasteiger partial charge on any atom is -0.320 e. The van der Waals surface area contributed by atoms with Crippen molar-refractivity contribution in [3.8, 4) is 5.69 Å². The van der Waals surface area contributed by atoms with Gasteiger partial charge >= 0.3 is 0 Å². The van der Waals surface area contributed by atoms with Crippen LogP contribution in [-0.4, -0.2) is 15.7 Å². The van der Waals surface area contributed by atoms with E-state index in [9.17, 15) is 14.0 Å². The summed E-state index contributed by atoms with van der Waals surface area (Å²) in [6.45, 7) is 7.93. The first-order chi connectivity index (χ1) is 13.2. The standard InChI is InChI=1S/C22H22FN3O2/c1-14-13-19(27)20(25-26(14)18-8-6-5-7-17(18)23)21(28)24-16-11-9-15(10-12-16)22(2,3)4/h5-13H,1-4H3,(H,24,28). The van der Waals surface area contributed by atoms with Crippen molar-refractivity contribution >= 4 is 11.6 Å². The lowest BCUT2D eigenvalue weighted by Crippen LogP contribution is -2.27. The SMILES string of the molecule is Cc1cc(=O)c(C(=O)Nc2ccc(C(C)(C)C)cc2)nn1-c1ccccc1F. The molecular formula is C22H22FN3O2. The summed E-state index contributed by atoms with van der Waals surface area (Å²) in [7, 11) is 0. The second kappa shape index (κ2) is 7.38. The average Bonchev–Trinajstić information content (AvgIpc) is 2.62. The monoisotopic (exact) mass is 379 g/mol. The maximum atomic E-state index is 14.1. The van der Waals surface area contributed by atoms with E-state index in [0.29, 0.717) is 11.4 Å². The number of anilines is 1. The van der Waals surface area contributed by atoms with E-state index in [1.807, 2.05) is 12.1 Å². The molecule has 0 spiro atoms. The fourth-order valence-electron chi connectivity index (χ4n) is 2.82. The first kappa shape index (κ1) is 19.5. The number of rotatable bonds is 3. The molecule has 3 rings (SSSR count). The summed E-state index contributed by atoms with van der Waals surface area (Å²) in [5, 5.41) is 6.79. The van der Waals surface area contributed by atoms with Crippen LogP contribution in [0, 0.1) is 12.7 Å². The van der Waals surface area contributed by atoms with Crippen LogP contribution in [0.15, 0.2) is 59.4 Å². The number of para-hydroxylation sites is 1. The molecule has 3 aromatic rings. The Hall–Kier alpha value is -3.28. The number of nitrogens with one attached hydrogen (secondary N) is 1. The van der Waals surface area contributed by atoms with Gasteiger partial charge in [0.1, 0.15) is 11.5 Å². The van der Waals surface area contributed by atoms with E-state index in [4.69, 9.17) is 0 Å². The fourth-order valence-corrected chi connectivity index (χ4v) is 2.82. The minimum atomic E-state index is -0.640. The largest absolute Gasteiger partial charge is 0.320 e. The van der Waals surface area contributed by atoms with Crippen molar-refractivity contribution in [2.45, 2.75) is 33.1 Å². The van der Waals surface area contributed by atoms with Crippen molar-refractivity contribution in [3.05, 3.63) is 87.6 Å². The van der Waals surface area contributed by atoms with Crippen LogP contribution >= 0.6 is 0 Å². The third kappa shape index (κ3) is 4.01. The predicted molar refractivity (Wildman–Crippen MR) is 108 cm³/mol. The summed E-state index contributed by atoms with van der Waals surface area (Å²) in [4.78, 5) is 24.9. The van der Waals surface area contributed by atoms with Gasteiger partial charge in [0.25, 0.3) is 5.91 Å². The molecule has 0 radical (unpaired) electrons. The Morgan fingerprint density at radius 3 is 2.32 bits per heavy atom. The van der Waals surface area contributed by atoms with Crippen LogP contribution in [0.25, 0.3) is 5.69 Å². The normalized spacial score (nSPS) is 11.3. The van der Waals surface area contributed by atoms with Crippen LogP contribution in [0.2, 0.25) is 0 Å².